The van der Waals surface area contributed by atoms with Crippen molar-refractivity contribution in [1.29, 1.82) is 0 Å². The van der Waals surface area contributed by atoms with Gasteiger partial charge in [0, 0.05) is 10.9 Å². The Kier molecular flexibility index (Phi) is 4.07. The Morgan fingerprint density at radius 2 is 2.06 bits per heavy atom. The highest BCUT2D eigenvalue weighted by Gasteiger charge is 2.30. The molecule has 0 spiro atoms. The minimum Gasteiger partial charge on any atom is -0.497 e. The summed E-state index contributed by atoms with van der Waals surface area (Å²) in [6.07, 6.45) is 1.74. The summed E-state index contributed by atoms with van der Waals surface area (Å²) in [5, 5.41) is 0. The van der Waals surface area contributed by atoms with Crippen molar-refractivity contribution in [3.05, 3.63) is 28.2 Å². The molecule has 4 heteroatoms. The van der Waals surface area contributed by atoms with Crippen LogP contribution < -0.4 is 4.74 Å². The predicted octanol–water partition coefficient (Wildman–Crippen LogP) is 3.15. The van der Waals surface area contributed by atoms with Crippen molar-refractivity contribution in [2.45, 2.75) is 25.6 Å². The smallest absolute Gasteiger partial charge is 0.166 e. The van der Waals surface area contributed by atoms with Gasteiger partial charge in [-0.3, -0.25) is 0 Å². The first-order valence-electron chi connectivity index (χ1n) is 5.73. The zero-order valence-electron chi connectivity index (χ0n) is 10.2. The van der Waals surface area contributed by atoms with Crippen LogP contribution in [-0.2, 0) is 15.9 Å². The van der Waals surface area contributed by atoms with E-state index in [1.807, 2.05) is 25.1 Å². The van der Waals surface area contributed by atoms with Crippen LogP contribution in [0.5, 0.6) is 5.75 Å². The SMILES string of the molecule is COc1ccc(Br)c(CCC2(C)OCCO2)c1. The molecule has 3 nitrogen and oxygen atoms in total. The molecule has 0 unspecified atom stereocenters. The maximum absolute atomic E-state index is 5.59. The molecule has 0 N–H and O–H groups in total. The number of halogens is 1. The molecule has 0 aliphatic carbocycles. The van der Waals surface area contributed by atoms with Gasteiger partial charge in [-0.1, -0.05) is 15.9 Å². The summed E-state index contributed by atoms with van der Waals surface area (Å²) >= 11 is 3.55. The molecule has 0 atom stereocenters. The van der Waals surface area contributed by atoms with Crippen LogP contribution in [0.4, 0.5) is 0 Å². The van der Waals surface area contributed by atoms with Gasteiger partial charge in [-0.25, -0.2) is 0 Å². The second-order valence-corrected chi connectivity index (χ2v) is 5.14. The molecule has 17 heavy (non-hydrogen) atoms. The van der Waals surface area contributed by atoms with Gasteiger partial charge in [0.25, 0.3) is 0 Å². The fraction of sp³-hybridized carbons (Fsp3) is 0.538. The predicted molar refractivity (Wildman–Crippen MR) is 69.3 cm³/mol. The van der Waals surface area contributed by atoms with Crippen molar-refractivity contribution in [3.8, 4) is 5.75 Å². The van der Waals surface area contributed by atoms with Crippen LogP contribution in [0.15, 0.2) is 22.7 Å². The van der Waals surface area contributed by atoms with E-state index in [0.717, 1.165) is 23.1 Å². The van der Waals surface area contributed by atoms with E-state index in [-0.39, 0.29) is 0 Å². The van der Waals surface area contributed by atoms with E-state index in [1.165, 1.54) is 5.56 Å². The first kappa shape index (κ1) is 12.9. The lowest BCUT2D eigenvalue weighted by atomic mass is 10.1. The Morgan fingerprint density at radius 1 is 1.35 bits per heavy atom. The van der Waals surface area contributed by atoms with E-state index in [2.05, 4.69) is 15.9 Å². The number of methoxy groups -OCH3 is 1. The lowest BCUT2D eigenvalue weighted by Crippen LogP contribution is -2.26. The van der Waals surface area contributed by atoms with Crippen molar-refractivity contribution in [2.24, 2.45) is 0 Å². The molecule has 1 aliphatic heterocycles. The standard InChI is InChI=1S/C13H17BrO3/c1-13(16-7-8-17-13)6-5-10-9-11(15-2)3-4-12(10)14/h3-4,9H,5-8H2,1-2H3. The average Bonchev–Trinajstić information content (AvgIpc) is 2.76. The molecular weight excluding hydrogens is 284 g/mol. The normalized spacial score (nSPS) is 18.3. The van der Waals surface area contributed by atoms with Crippen LogP contribution >= 0.6 is 15.9 Å². The highest BCUT2D eigenvalue weighted by Crippen LogP contribution is 2.28. The Balaban J connectivity index is 2.02. The summed E-state index contributed by atoms with van der Waals surface area (Å²) in [4.78, 5) is 0. The van der Waals surface area contributed by atoms with Crippen LogP contribution in [0.3, 0.4) is 0 Å². The minimum atomic E-state index is -0.428. The summed E-state index contributed by atoms with van der Waals surface area (Å²) in [5.74, 6) is 0.448. The Morgan fingerprint density at radius 3 is 2.71 bits per heavy atom. The van der Waals surface area contributed by atoms with Crippen molar-refractivity contribution >= 4 is 15.9 Å². The van der Waals surface area contributed by atoms with Gasteiger partial charge in [0.1, 0.15) is 5.75 Å². The third kappa shape index (κ3) is 3.21. The molecule has 0 amide bonds. The van der Waals surface area contributed by atoms with Gasteiger partial charge in [-0.15, -0.1) is 0 Å². The first-order chi connectivity index (χ1) is 8.13. The van der Waals surface area contributed by atoms with Gasteiger partial charge in [-0.05, 0) is 37.1 Å². The summed E-state index contributed by atoms with van der Waals surface area (Å²) in [6, 6.07) is 5.99. The topological polar surface area (TPSA) is 27.7 Å². The largest absolute Gasteiger partial charge is 0.497 e. The lowest BCUT2D eigenvalue weighted by Gasteiger charge is -2.22. The van der Waals surface area contributed by atoms with E-state index >= 15 is 0 Å². The van der Waals surface area contributed by atoms with Gasteiger partial charge in [0.05, 0.1) is 20.3 Å². The number of hydrogen-bond acceptors (Lipinski definition) is 3. The van der Waals surface area contributed by atoms with Gasteiger partial charge in [0.15, 0.2) is 5.79 Å². The van der Waals surface area contributed by atoms with Crippen LogP contribution in [0.1, 0.15) is 18.9 Å². The van der Waals surface area contributed by atoms with E-state index in [4.69, 9.17) is 14.2 Å². The van der Waals surface area contributed by atoms with Gasteiger partial charge >= 0.3 is 0 Å². The Bertz CT molecular complexity index is 386. The number of ether oxygens (including phenoxy) is 3. The molecule has 0 bridgehead atoms. The molecule has 1 aliphatic rings. The van der Waals surface area contributed by atoms with Crippen molar-refractivity contribution in [3.63, 3.8) is 0 Å². The first-order valence-corrected chi connectivity index (χ1v) is 6.53. The number of rotatable bonds is 4. The summed E-state index contributed by atoms with van der Waals surface area (Å²) in [6.45, 7) is 3.37. The number of hydrogen-bond donors (Lipinski definition) is 0. The minimum absolute atomic E-state index is 0.428. The maximum Gasteiger partial charge on any atom is 0.166 e. The van der Waals surface area contributed by atoms with Gasteiger partial charge in [0.2, 0.25) is 0 Å². The van der Waals surface area contributed by atoms with Crippen LogP contribution in [-0.4, -0.2) is 26.1 Å². The molecule has 0 radical (unpaired) electrons. The summed E-state index contributed by atoms with van der Waals surface area (Å²) < 4.78 is 17.5. The zero-order valence-corrected chi connectivity index (χ0v) is 11.7. The zero-order chi connectivity index (χ0) is 12.3. The second kappa shape index (κ2) is 5.38. The fourth-order valence-corrected chi connectivity index (χ4v) is 2.38. The third-order valence-corrected chi connectivity index (χ3v) is 3.77. The molecule has 94 valence electrons. The number of benzene rings is 1. The molecule has 1 fully saturated rings. The quantitative estimate of drug-likeness (QED) is 0.855. The average molecular weight is 301 g/mol. The Labute approximate surface area is 110 Å². The monoisotopic (exact) mass is 300 g/mol. The van der Waals surface area contributed by atoms with E-state index in [0.29, 0.717) is 13.2 Å². The molecule has 1 aromatic rings. The molecular formula is C13H17BrO3. The van der Waals surface area contributed by atoms with Crippen LogP contribution in [0.25, 0.3) is 0 Å². The van der Waals surface area contributed by atoms with Crippen LogP contribution in [0.2, 0.25) is 0 Å². The van der Waals surface area contributed by atoms with Crippen LogP contribution in [0, 0.1) is 0 Å². The van der Waals surface area contributed by atoms with Crippen molar-refractivity contribution in [1.82, 2.24) is 0 Å². The molecule has 2 rings (SSSR count). The van der Waals surface area contributed by atoms with Crippen molar-refractivity contribution < 1.29 is 14.2 Å². The van der Waals surface area contributed by atoms with E-state index in [1.54, 1.807) is 7.11 Å². The van der Waals surface area contributed by atoms with Crippen molar-refractivity contribution in [2.75, 3.05) is 20.3 Å². The number of aryl methyl sites for hydroxylation is 1. The molecule has 0 saturated carbocycles. The molecule has 1 heterocycles. The maximum atomic E-state index is 5.59. The highest BCUT2D eigenvalue weighted by atomic mass is 79.9. The second-order valence-electron chi connectivity index (χ2n) is 4.29. The molecule has 1 saturated heterocycles. The fourth-order valence-electron chi connectivity index (χ4n) is 1.93. The third-order valence-electron chi connectivity index (χ3n) is 3.00. The van der Waals surface area contributed by atoms with E-state index < -0.39 is 5.79 Å². The molecule has 0 aromatic heterocycles. The van der Waals surface area contributed by atoms with E-state index in [9.17, 15) is 0 Å². The Hall–Kier alpha value is -0.580. The van der Waals surface area contributed by atoms with Gasteiger partial charge < -0.3 is 14.2 Å². The highest BCUT2D eigenvalue weighted by molar-refractivity contribution is 9.10. The summed E-state index contributed by atoms with van der Waals surface area (Å²) in [5.41, 5.74) is 1.21. The summed E-state index contributed by atoms with van der Waals surface area (Å²) in [7, 11) is 1.68. The molecule has 1 aromatic carbocycles. The van der Waals surface area contributed by atoms with Gasteiger partial charge in [-0.2, -0.15) is 0 Å². The lowest BCUT2D eigenvalue weighted by molar-refractivity contribution is -0.146.